The first-order chi connectivity index (χ1) is 9.23. The van der Waals surface area contributed by atoms with Gasteiger partial charge in [0.2, 0.25) is 0 Å². The van der Waals surface area contributed by atoms with E-state index in [0.717, 1.165) is 21.9 Å². The van der Waals surface area contributed by atoms with Crippen LogP contribution in [0.5, 0.6) is 0 Å². The molecule has 0 saturated heterocycles. The number of hydrogen-bond acceptors (Lipinski definition) is 3. The fourth-order valence-corrected chi connectivity index (χ4v) is 1.96. The van der Waals surface area contributed by atoms with Crippen LogP contribution in [0.1, 0.15) is 44.4 Å². The van der Waals surface area contributed by atoms with Crippen molar-refractivity contribution in [3.05, 3.63) is 33.8 Å². The molecule has 0 saturated carbocycles. The van der Waals surface area contributed by atoms with Crippen molar-refractivity contribution in [3.8, 4) is 0 Å². The normalized spacial score (nSPS) is 12.7. The molecule has 1 aromatic rings. The molecule has 0 spiro atoms. The lowest BCUT2D eigenvalue weighted by molar-refractivity contribution is -0.108. The first-order valence-electron chi connectivity index (χ1n) is 6.42. The zero-order valence-corrected chi connectivity index (χ0v) is 13.8. The van der Waals surface area contributed by atoms with Gasteiger partial charge in [0.25, 0.3) is 0 Å². The van der Waals surface area contributed by atoms with Crippen molar-refractivity contribution in [2.75, 3.05) is 0 Å². The molecular formula is C15H20BrNO3. The van der Waals surface area contributed by atoms with E-state index in [9.17, 15) is 9.59 Å². The number of rotatable bonds is 4. The van der Waals surface area contributed by atoms with Crippen LogP contribution in [0.3, 0.4) is 0 Å². The van der Waals surface area contributed by atoms with Crippen molar-refractivity contribution in [2.45, 2.75) is 45.8 Å². The molecule has 0 aliphatic carbocycles. The summed E-state index contributed by atoms with van der Waals surface area (Å²) in [7, 11) is 0. The summed E-state index contributed by atoms with van der Waals surface area (Å²) in [5, 5.41) is 2.73. The van der Waals surface area contributed by atoms with Gasteiger partial charge in [-0.3, -0.25) is 0 Å². The molecule has 1 amide bonds. The quantitative estimate of drug-likeness (QED) is 0.844. The summed E-state index contributed by atoms with van der Waals surface area (Å²) in [6.45, 7) is 7.35. The highest BCUT2D eigenvalue weighted by Gasteiger charge is 2.20. The van der Waals surface area contributed by atoms with Crippen LogP contribution in [0.2, 0.25) is 0 Å². The second-order valence-corrected chi connectivity index (χ2v) is 6.46. The first kappa shape index (κ1) is 16.7. The van der Waals surface area contributed by atoms with E-state index in [1.165, 1.54) is 0 Å². The van der Waals surface area contributed by atoms with Gasteiger partial charge in [0.05, 0.1) is 6.04 Å². The van der Waals surface area contributed by atoms with Crippen molar-refractivity contribution >= 4 is 28.3 Å². The Morgan fingerprint density at radius 1 is 1.45 bits per heavy atom. The Labute approximate surface area is 128 Å². The summed E-state index contributed by atoms with van der Waals surface area (Å²) >= 11 is 3.43. The van der Waals surface area contributed by atoms with Gasteiger partial charge in [-0.1, -0.05) is 28.1 Å². The molecule has 0 aliphatic rings. The monoisotopic (exact) mass is 341 g/mol. The minimum atomic E-state index is -0.564. The van der Waals surface area contributed by atoms with Crippen LogP contribution in [0.25, 0.3) is 0 Å². The number of aldehydes is 1. The predicted octanol–water partition coefficient (Wildman–Crippen LogP) is 3.91. The molecule has 1 atom stereocenters. The highest BCUT2D eigenvalue weighted by molar-refractivity contribution is 9.10. The van der Waals surface area contributed by atoms with Gasteiger partial charge in [-0.05, 0) is 44.9 Å². The molecule has 1 rings (SSSR count). The van der Waals surface area contributed by atoms with Crippen LogP contribution in [0, 0.1) is 6.92 Å². The number of benzene rings is 1. The Morgan fingerprint density at radius 3 is 2.60 bits per heavy atom. The molecule has 4 nitrogen and oxygen atoms in total. The van der Waals surface area contributed by atoms with Gasteiger partial charge in [-0.25, -0.2) is 4.79 Å². The third-order valence-corrected chi connectivity index (χ3v) is 3.50. The number of alkyl carbamates (subject to hydrolysis) is 1. The van der Waals surface area contributed by atoms with Gasteiger partial charge in [0.15, 0.2) is 0 Å². The Hall–Kier alpha value is -1.36. The van der Waals surface area contributed by atoms with Gasteiger partial charge in [0.1, 0.15) is 11.9 Å². The summed E-state index contributed by atoms with van der Waals surface area (Å²) in [5.41, 5.74) is 1.36. The summed E-state index contributed by atoms with van der Waals surface area (Å²) in [5.74, 6) is 0. The summed E-state index contributed by atoms with van der Waals surface area (Å²) in [6, 6.07) is 5.34. The van der Waals surface area contributed by atoms with E-state index in [1.54, 1.807) is 20.8 Å². The Balaban J connectivity index is 2.85. The molecule has 1 N–H and O–H groups in total. The van der Waals surface area contributed by atoms with E-state index in [4.69, 9.17) is 4.74 Å². The highest BCUT2D eigenvalue weighted by Crippen LogP contribution is 2.23. The maximum absolute atomic E-state index is 11.8. The number of ether oxygens (including phenoxy) is 1. The van der Waals surface area contributed by atoms with E-state index < -0.39 is 11.7 Å². The van der Waals surface area contributed by atoms with E-state index in [1.807, 2.05) is 25.1 Å². The van der Waals surface area contributed by atoms with Crippen LogP contribution in [-0.4, -0.2) is 18.0 Å². The van der Waals surface area contributed by atoms with E-state index >= 15 is 0 Å². The Bertz CT molecular complexity index is 494. The number of aryl methyl sites for hydroxylation is 1. The average Bonchev–Trinajstić information content (AvgIpc) is 2.30. The van der Waals surface area contributed by atoms with Crippen molar-refractivity contribution in [3.63, 3.8) is 0 Å². The standard InChI is InChI=1S/C15H20BrNO3/c1-10-9-11(5-6-12(10)16)13(7-8-18)17-14(19)20-15(2,3)4/h5-6,8-9,13H,7H2,1-4H3,(H,17,19)/t13-/m1/s1. The molecule has 5 heteroatoms. The zero-order chi connectivity index (χ0) is 15.3. The molecule has 0 aromatic heterocycles. The summed E-state index contributed by atoms with van der Waals surface area (Å²) < 4.78 is 6.20. The molecule has 0 heterocycles. The molecule has 0 bridgehead atoms. The molecule has 1 aromatic carbocycles. The van der Waals surface area contributed by atoms with Crippen LogP contribution >= 0.6 is 15.9 Å². The van der Waals surface area contributed by atoms with Gasteiger partial charge >= 0.3 is 6.09 Å². The topological polar surface area (TPSA) is 55.4 Å². The largest absolute Gasteiger partial charge is 0.444 e. The smallest absolute Gasteiger partial charge is 0.408 e. The van der Waals surface area contributed by atoms with Crippen LogP contribution in [0.4, 0.5) is 4.79 Å². The number of nitrogens with one attached hydrogen (secondary N) is 1. The fraction of sp³-hybridized carbons (Fsp3) is 0.467. The van der Waals surface area contributed by atoms with Gasteiger partial charge in [-0.15, -0.1) is 0 Å². The third kappa shape index (κ3) is 5.33. The number of hydrogen-bond donors (Lipinski definition) is 1. The molecular weight excluding hydrogens is 322 g/mol. The SMILES string of the molecule is Cc1cc([C@@H](CC=O)NC(=O)OC(C)(C)C)ccc1Br. The molecule has 20 heavy (non-hydrogen) atoms. The zero-order valence-electron chi connectivity index (χ0n) is 12.2. The molecule has 110 valence electrons. The lowest BCUT2D eigenvalue weighted by Crippen LogP contribution is -2.35. The number of carbonyl (C=O) groups is 2. The lowest BCUT2D eigenvalue weighted by Gasteiger charge is -2.23. The Kier molecular flexibility index (Phi) is 5.74. The summed E-state index contributed by atoms with van der Waals surface area (Å²) in [6.07, 6.45) is 0.477. The molecule has 0 aliphatic heterocycles. The minimum absolute atomic E-state index is 0.209. The minimum Gasteiger partial charge on any atom is -0.444 e. The number of carbonyl (C=O) groups excluding carboxylic acids is 2. The third-order valence-electron chi connectivity index (χ3n) is 2.61. The molecule has 0 unspecified atom stereocenters. The number of amides is 1. The molecule has 0 fully saturated rings. The lowest BCUT2D eigenvalue weighted by atomic mass is 10.0. The first-order valence-corrected chi connectivity index (χ1v) is 7.21. The molecule has 0 radical (unpaired) electrons. The van der Waals surface area contributed by atoms with Gasteiger partial charge in [0, 0.05) is 10.9 Å². The predicted molar refractivity (Wildman–Crippen MR) is 81.7 cm³/mol. The second kappa shape index (κ2) is 6.88. The fourth-order valence-electron chi connectivity index (χ4n) is 1.71. The number of halogens is 1. The Morgan fingerprint density at radius 2 is 2.10 bits per heavy atom. The van der Waals surface area contributed by atoms with Crippen LogP contribution in [0.15, 0.2) is 22.7 Å². The van der Waals surface area contributed by atoms with Crippen molar-refractivity contribution < 1.29 is 14.3 Å². The van der Waals surface area contributed by atoms with Crippen LogP contribution in [-0.2, 0) is 9.53 Å². The van der Waals surface area contributed by atoms with Gasteiger partial charge in [-0.2, -0.15) is 0 Å². The van der Waals surface area contributed by atoms with Gasteiger partial charge < -0.3 is 14.8 Å². The maximum Gasteiger partial charge on any atom is 0.408 e. The van der Waals surface area contributed by atoms with E-state index in [-0.39, 0.29) is 12.5 Å². The van der Waals surface area contributed by atoms with E-state index in [0.29, 0.717) is 0 Å². The summed E-state index contributed by atoms with van der Waals surface area (Å²) in [4.78, 5) is 22.6. The van der Waals surface area contributed by atoms with Crippen molar-refractivity contribution in [1.29, 1.82) is 0 Å². The second-order valence-electron chi connectivity index (χ2n) is 5.61. The maximum atomic E-state index is 11.8. The van der Waals surface area contributed by atoms with Crippen LogP contribution < -0.4 is 5.32 Å². The van der Waals surface area contributed by atoms with Crippen molar-refractivity contribution in [1.82, 2.24) is 5.32 Å². The van der Waals surface area contributed by atoms with Crippen molar-refractivity contribution in [2.24, 2.45) is 0 Å². The highest BCUT2D eigenvalue weighted by atomic mass is 79.9. The van der Waals surface area contributed by atoms with E-state index in [2.05, 4.69) is 21.2 Å². The average molecular weight is 342 g/mol.